The number of amides is 1. The van der Waals surface area contributed by atoms with Crippen LogP contribution in [0.15, 0.2) is 35.7 Å². The van der Waals surface area contributed by atoms with Crippen molar-refractivity contribution >= 4 is 40.4 Å². The third kappa shape index (κ3) is 5.61. The molecule has 1 atom stereocenters. The molecule has 0 fully saturated rings. The van der Waals surface area contributed by atoms with Crippen molar-refractivity contribution in [2.75, 3.05) is 20.1 Å². The summed E-state index contributed by atoms with van der Waals surface area (Å²) in [6.45, 7) is 1.78. The van der Waals surface area contributed by atoms with Crippen molar-refractivity contribution in [1.29, 1.82) is 0 Å². The number of likely N-dealkylation sites (N-methyl/N-ethyl adjacent to an activating group) is 1. The fraction of sp³-hybridized carbons (Fsp3) is 0.312. The number of thiophene rings is 1. The lowest BCUT2D eigenvalue weighted by atomic mass is 10.2. The SMILES string of the molecule is C[NH+](CC(=O)NCCc1cccs1)Cc1ccc(Cl)cc1Cl. The summed E-state index contributed by atoms with van der Waals surface area (Å²) in [4.78, 5) is 14.3. The highest BCUT2D eigenvalue weighted by molar-refractivity contribution is 7.09. The fourth-order valence-corrected chi connectivity index (χ4v) is 3.35. The summed E-state index contributed by atoms with van der Waals surface area (Å²) in [6, 6.07) is 9.55. The second-order valence-corrected chi connectivity index (χ2v) is 7.10. The summed E-state index contributed by atoms with van der Waals surface area (Å²) in [6.07, 6.45) is 0.880. The predicted molar refractivity (Wildman–Crippen MR) is 93.0 cm³/mol. The maximum absolute atomic E-state index is 11.9. The molecule has 22 heavy (non-hydrogen) atoms. The number of quaternary nitrogens is 1. The van der Waals surface area contributed by atoms with Gasteiger partial charge >= 0.3 is 0 Å². The standard InChI is InChI=1S/C16H18Cl2N2OS/c1-20(10-12-4-5-13(17)9-15(12)18)11-16(21)19-7-6-14-3-2-8-22-14/h2-5,8-9H,6-7,10-11H2,1H3,(H,19,21)/p+1. The highest BCUT2D eigenvalue weighted by Crippen LogP contribution is 2.20. The molecule has 2 aromatic rings. The molecule has 0 saturated heterocycles. The Kier molecular flexibility index (Phi) is 6.70. The average molecular weight is 358 g/mol. The average Bonchev–Trinajstić information content (AvgIpc) is 2.95. The first-order chi connectivity index (χ1) is 10.5. The summed E-state index contributed by atoms with van der Waals surface area (Å²) in [5.41, 5.74) is 0.995. The Balaban J connectivity index is 1.73. The van der Waals surface area contributed by atoms with Gasteiger partial charge in [0, 0.05) is 22.0 Å². The van der Waals surface area contributed by atoms with E-state index in [1.165, 1.54) is 4.88 Å². The molecule has 1 aromatic carbocycles. The van der Waals surface area contributed by atoms with Crippen LogP contribution in [0.1, 0.15) is 10.4 Å². The van der Waals surface area contributed by atoms with Gasteiger partial charge in [0.25, 0.3) is 5.91 Å². The molecule has 2 N–H and O–H groups in total. The lowest BCUT2D eigenvalue weighted by molar-refractivity contribution is -0.885. The first-order valence-corrected chi connectivity index (χ1v) is 8.72. The zero-order chi connectivity index (χ0) is 15.9. The van der Waals surface area contributed by atoms with Crippen LogP contribution in [0.5, 0.6) is 0 Å². The topological polar surface area (TPSA) is 33.5 Å². The maximum atomic E-state index is 11.9. The molecular formula is C16H19Cl2N2OS+. The van der Waals surface area contributed by atoms with Gasteiger partial charge in [-0.05, 0) is 30.0 Å². The molecule has 0 saturated carbocycles. The van der Waals surface area contributed by atoms with Crippen molar-refractivity contribution in [2.45, 2.75) is 13.0 Å². The Bertz CT molecular complexity index is 617. The Morgan fingerprint density at radius 3 is 2.82 bits per heavy atom. The van der Waals surface area contributed by atoms with Crippen LogP contribution in [0.3, 0.4) is 0 Å². The Morgan fingerprint density at radius 1 is 1.32 bits per heavy atom. The molecule has 1 heterocycles. The number of carbonyl (C=O) groups excluding carboxylic acids is 1. The minimum Gasteiger partial charge on any atom is -0.351 e. The van der Waals surface area contributed by atoms with E-state index in [4.69, 9.17) is 23.2 Å². The van der Waals surface area contributed by atoms with Crippen LogP contribution in [0.2, 0.25) is 10.0 Å². The van der Waals surface area contributed by atoms with Crippen LogP contribution in [-0.2, 0) is 17.8 Å². The van der Waals surface area contributed by atoms with Crippen LogP contribution < -0.4 is 10.2 Å². The van der Waals surface area contributed by atoms with Crippen LogP contribution in [-0.4, -0.2) is 26.0 Å². The number of benzene rings is 1. The van der Waals surface area contributed by atoms with Crippen molar-refractivity contribution in [2.24, 2.45) is 0 Å². The quantitative estimate of drug-likeness (QED) is 0.783. The van der Waals surface area contributed by atoms with Crippen molar-refractivity contribution in [1.82, 2.24) is 5.32 Å². The van der Waals surface area contributed by atoms with E-state index in [2.05, 4.69) is 11.4 Å². The van der Waals surface area contributed by atoms with Gasteiger partial charge in [-0.25, -0.2) is 0 Å². The summed E-state index contributed by atoms with van der Waals surface area (Å²) >= 11 is 13.7. The summed E-state index contributed by atoms with van der Waals surface area (Å²) in [5.74, 6) is 0.0548. The van der Waals surface area contributed by atoms with E-state index in [-0.39, 0.29) is 5.91 Å². The summed E-state index contributed by atoms with van der Waals surface area (Å²) in [5, 5.41) is 6.27. The number of hydrogen-bond donors (Lipinski definition) is 2. The minimum absolute atomic E-state index is 0.0548. The van der Waals surface area contributed by atoms with Crippen LogP contribution in [0, 0.1) is 0 Å². The lowest BCUT2D eigenvalue weighted by Gasteiger charge is -2.14. The second kappa shape index (κ2) is 8.53. The molecule has 0 aliphatic heterocycles. The van der Waals surface area contributed by atoms with Gasteiger partial charge in [0.2, 0.25) is 0 Å². The van der Waals surface area contributed by atoms with Gasteiger partial charge < -0.3 is 10.2 Å². The van der Waals surface area contributed by atoms with Crippen LogP contribution >= 0.6 is 34.5 Å². The molecule has 1 amide bonds. The molecule has 118 valence electrons. The number of carbonyl (C=O) groups is 1. The van der Waals surface area contributed by atoms with Crippen molar-refractivity contribution in [3.63, 3.8) is 0 Å². The molecule has 2 rings (SSSR count). The smallest absolute Gasteiger partial charge is 0.275 e. The zero-order valence-corrected chi connectivity index (χ0v) is 14.7. The normalized spacial score (nSPS) is 12.1. The molecule has 3 nitrogen and oxygen atoms in total. The fourth-order valence-electron chi connectivity index (χ4n) is 2.17. The highest BCUT2D eigenvalue weighted by atomic mass is 35.5. The van der Waals surface area contributed by atoms with Gasteiger partial charge in [0.05, 0.1) is 12.1 Å². The number of hydrogen-bond acceptors (Lipinski definition) is 2. The van der Waals surface area contributed by atoms with E-state index in [0.717, 1.165) is 16.9 Å². The van der Waals surface area contributed by atoms with Gasteiger partial charge in [-0.1, -0.05) is 35.3 Å². The minimum atomic E-state index is 0.0548. The lowest BCUT2D eigenvalue weighted by Crippen LogP contribution is -3.08. The molecule has 1 unspecified atom stereocenters. The number of nitrogens with one attached hydrogen (secondary N) is 2. The molecule has 0 spiro atoms. The molecule has 0 aliphatic rings. The van der Waals surface area contributed by atoms with Gasteiger partial charge in [0.15, 0.2) is 6.54 Å². The first-order valence-electron chi connectivity index (χ1n) is 7.09. The summed E-state index contributed by atoms with van der Waals surface area (Å²) in [7, 11) is 1.98. The Hall–Kier alpha value is -1.07. The molecular weight excluding hydrogens is 339 g/mol. The van der Waals surface area contributed by atoms with E-state index in [1.54, 1.807) is 17.4 Å². The van der Waals surface area contributed by atoms with Crippen LogP contribution in [0.4, 0.5) is 0 Å². The van der Waals surface area contributed by atoms with Gasteiger partial charge in [0.1, 0.15) is 6.54 Å². The van der Waals surface area contributed by atoms with Crippen molar-refractivity contribution in [3.8, 4) is 0 Å². The molecule has 0 bridgehead atoms. The monoisotopic (exact) mass is 357 g/mol. The number of rotatable bonds is 7. The molecule has 0 radical (unpaired) electrons. The third-order valence-corrected chi connectivity index (χ3v) is 4.77. The predicted octanol–water partition coefficient (Wildman–Crippen LogP) is 2.43. The maximum Gasteiger partial charge on any atom is 0.275 e. The van der Waals surface area contributed by atoms with E-state index >= 15 is 0 Å². The zero-order valence-electron chi connectivity index (χ0n) is 12.4. The van der Waals surface area contributed by atoms with Crippen molar-refractivity contribution < 1.29 is 9.69 Å². The van der Waals surface area contributed by atoms with Gasteiger partial charge in [-0.15, -0.1) is 11.3 Å². The largest absolute Gasteiger partial charge is 0.351 e. The van der Waals surface area contributed by atoms with Crippen LogP contribution in [0.25, 0.3) is 0 Å². The van der Waals surface area contributed by atoms with E-state index in [9.17, 15) is 4.79 Å². The van der Waals surface area contributed by atoms with Gasteiger partial charge in [-0.2, -0.15) is 0 Å². The first kappa shape index (κ1) is 17.3. The van der Waals surface area contributed by atoms with E-state index in [1.807, 2.05) is 30.6 Å². The van der Waals surface area contributed by atoms with Gasteiger partial charge in [-0.3, -0.25) is 4.79 Å². The van der Waals surface area contributed by atoms with Crippen molar-refractivity contribution in [3.05, 3.63) is 56.2 Å². The molecule has 0 aliphatic carbocycles. The summed E-state index contributed by atoms with van der Waals surface area (Å²) < 4.78 is 0. The Morgan fingerprint density at radius 2 is 2.14 bits per heavy atom. The second-order valence-electron chi connectivity index (χ2n) is 5.23. The molecule has 1 aromatic heterocycles. The van der Waals surface area contributed by atoms with E-state index in [0.29, 0.717) is 29.7 Å². The van der Waals surface area contributed by atoms with E-state index < -0.39 is 0 Å². The Labute approximate surface area is 144 Å². The highest BCUT2D eigenvalue weighted by Gasteiger charge is 2.12. The third-order valence-electron chi connectivity index (χ3n) is 3.24. The number of halogens is 2. The molecule has 6 heteroatoms.